The number of hydrogen-bond donors (Lipinski definition) is 0. The van der Waals surface area contributed by atoms with Crippen LogP contribution in [0, 0.1) is 12.8 Å². The number of hydrogen-bond acceptors (Lipinski definition) is 6. The summed E-state index contributed by atoms with van der Waals surface area (Å²) in [6.45, 7) is 3.05. The van der Waals surface area contributed by atoms with E-state index in [0.717, 1.165) is 21.3 Å². The molecule has 0 spiro atoms. The highest BCUT2D eigenvalue weighted by atomic mass is 32.2. The molecule has 0 bridgehead atoms. The summed E-state index contributed by atoms with van der Waals surface area (Å²) in [5, 5.41) is 0.669. The molecular weight excluding hydrogens is 506 g/mol. The second-order valence-electron chi connectivity index (χ2n) is 9.23. The quantitative estimate of drug-likeness (QED) is 0.323. The molecule has 5 rings (SSSR count). The zero-order valence-corrected chi connectivity index (χ0v) is 22.5. The van der Waals surface area contributed by atoms with E-state index in [4.69, 9.17) is 9.72 Å². The summed E-state index contributed by atoms with van der Waals surface area (Å²) in [5.74, 6) is 0.313. The molecule has 192 valence electrons. The number of ether oxygens (including phenoxy) is 1. The van der Waals surface area contributed by atoms with E-state index < -0.39 is 10.0 Å². The van der Waals surface area contributed by atoms with E-state index in [0.29, 0.717) is 43.4 Å². The molecule has 0 saturated carbocycles. The molecule has 1 aliphatic heterocycles. The Balaban J connectivity index is 1.35. The van der Waals surface area contributed by atoms with Crippen LogP contribution in [-0.2, 0) is 21.4 Å². The highest BCUT2D eigenvalue weighted by Crippen LogP contribution is 2.33. The predicted octanol–water partition coefficient (Wildman–Crippen LogP) is 5.25. The van der Waals surface area contributed by atoms with Crippen LogP contribution in [0.5, 0.6) is 5.75 Å². The Morgan fingerprint density at radius 3 is 2.43 bits per heavy atom. The fourth-order valence-electron chi connectivity index (χ4n) is 4.60. The van der Waals surface area contributed by atoms with Crippen molar-refractivity contribution >= 4 is 42.6 Å². The predicted molar refractivity (Wildman–Crippen MR) is 146 cm³/mol. The van der Waals surface area contributed by atoms with Gasteiger partial charge in [0.05, 0.1) is 28.8 Å². The zero-order valence-electron chi connectivity index (χ0n) is 20.8. The summed E-state index contributed by atoms with van der Waals surface area (Å²) in [4.78, 5) is 20.6. The third-order valence-corrected chi connectivity index (χ3v) is 9.67. The van der Waals surface area contributed by atoms with Crippen molar-refractivity contribution in [1.29, 1.82) is 0 Å². The molecule has 3 aromatic carbocycles. The van der Waals surface area contributed by atoms with Gasteiger partial charge in [0.15, 0.2) is 5.13 Å². The molecule has 2 heterocycles. The smallest absolute Gasteiger partial charge is 0.243 e. The topological polar surface area (TPSA) is 79.8 Å². The lowest BCUT2D eigenvalue weighted by atomic mass is 9.96. The molecule has 1 saturated heterocycles. The molecule has 1 aromatic heterocycles. The van der Waals surface area contributed by atoms with E-state index in [1.807, 2.05) is 49.4 Å². The molecule has 7 nitrogen and oxygen atoms in total. The second-order valence-corrected chi connectivity index (χ2v) is 12.2. The van der Waals surface area contributed by atoms with Gasteiger partial charge < -0.3 is 4.74 Å². The van der Waals surface area contributed by atoms with Gasteiger partial charge in [-0.25, -0.2) is 13.4 Å². The van der Waals surface area contributed by atoms with Gasteiger partial charge in [0.2, 0.25) is 15.9 Å². The van der Waals surface area contributed by atoms with Gasteiger partial charge in [0.25, 0.3) is 0 Å². The van der Waals surface area contributed by atoms with Gasteiger partial charge in [-0.1, -0.05) is 47.7 Å². The number of aromatic nitrogens is 1. The molecule has 1 amide bonds. The number of thiazole rings is 1. The third-order valence-electron chi connectivity index (χ3n) is 6.71. The van der Waals surface area contributed by atoms with Crippen molar-refractivity contribution in [3.8, 4) is 5.75 Å². The first-order chi connectivity index (χ1) is 17.8. The van der Waals surface area contributed by atoms with E-state index in [9.17, 15) is 13.2 Å². The van der Waals surface area contributed by atoms with Gasteiger partial charge in [0, 0.05) is 19.0 Å². The molecule has 0 N–H and O–H groups in total. The number of carbonyl (C=O) groups excluding carboxylic acids is 1. The first-order valence-electron chi connectivity index (χ1n) is 12.2. The van der Waals surface area contributed by atoms with Crippen LogP contribution in [0.25, 0.3) is 10.2 Å². The van der Waals surface area contributed by atoms with Crippen LogP contribution < -0.4 is 9.64 Å². The Morgan fingerprint density at radius 2 is 1.76 bits per heavy atom. The lowest BCUT2D eigenvalue weighted by Crippen LogP contribution is -2.44. The Morgan fingerprint density at radius 1 is 1.05 bits per heavy atom. The highest BCUT2D eigenvalue weighted by Gasteiger charge is 2.35. The van der Waals surface area contributed by atoms with Crippen molar-refractivity contribution in [2.45, 2.75) is 31.2 Å². The summed E-state index contributed by atoms with van der Waals surface area (Å²) >= 11 is 1.51. The Bertz CT molecular complexity index is 1490. The van der Waals surface area contributed by atoms with Gasteiger partial charge >= 0.3 is 0 Å². The third kappa shape index (κ3) is 5.39. The number of nitrogens with zero attached hydrogens (tertiary/aromatic N) is 3. The minimum atomic E-state index is -3.64. The number of methoxy groups -OCH3 is 1. The fourth-order valence-corrected chi connectivity index (χ4v) is 7.14. The monoisotopic (exact) mass is 535 g/mol. The van der Waals surface area contributed by atoms with Crippen molar-refractivity contribution in [3.63, 3.8) is 0 Å². The summed E-state index contributed by atoms with van der Waals surface area (Å²) in [6, 6.07) is 22.4. The number of fused-ring (bicyclic) bond motifs is 1. The first-order valence-corrected chi connectivity index (χ1v) is 14.5. The average Bonchev–Trinajstić information content (AvgIpc) is 3.35. The summed E-state index contributed by atoms with van der Waals surface area (Å²) in [5.41, 5.74) is 3.04. The van der Waals surface area contributed by atoms with Crippen molar-refractivity contribution in [3.05, 3.63) is 83.9 Å². The number of rotatable bonds is 7. The van der Waals surface area contributed by atoms with E-state index in [1.54, 1.807) is 36.3 Å². The van der Waals surface area contributed by atoms with Crippen LogP contribution in [0.1, 0.15) is 24.0 Å². The maximum atomic E-state index is 13.9. The first kappa shape index (κ1) is 25.4. The van der Waals surface area contributed by atoms with Crippen LogP contribution >= 0.6 is 11.3 Å². The minimum Gasteiger partial charge on any atom is -0.497 e. The maximum absolute atomic E-state index is 13.9. The number of carbonyl (C=O) groups is 1. The average molecular weight is 536 g/mol. The molecule has 0 unspecified atom stereocenters. The SMILES string of the molecule is COc1ccc(S(=O)(=O)N2CCC(C(=O)N(Cc3ccccc3)c3nc4ccc(C)cc4s3)CC2)cc1. The fraction of sp³-hybridized carbons (Fsp3) is 0.286. The maximum Gasteiger partial charge on any atom is 0.243 e. The van der Waals surface area contributed by atoms with E-state index in [2.05, 4.69) is 6.07 Å². The van der Waals surface area contributed by atoms with Gasteiger partial charge in [-0.3, -0.25) is 9.69 Å². The van der Waals surface area contributed by atoms with Crippen molar-refractivity contribution < 1.29 is 17.9 Å². The minimum absolute atomic E-state index is 0.0128. The molecule has 0 atom stereocenters. The summed E-state index contributed by atoms with van der Waals surface area (Å²) in [6.07, 6.45) is 0.924. The molecule has 1 aliphatic rings. The van der Waals surface area contributed by atoms with Crippen molar-refractivity contribution in [1.82, 2.24) is 9.29 Å². The highest BCUT2D eigenvalue weighted by molar-refractivity contribution is 7.89. The number of anilines is 1. The molecule has 37 heavy (non-hydrogen) atoms. The lowest BCUT2D eigenvalue weighted by Gasteiger charge is -2.33. The molecule has 9 heteroatoms. The molecular formula is C28H29N3O4S2. The Hall–Kier alpha value is -3.27. The van der Waals surface area contributed by atoms with Crippen LogP contribution in [0.4, 0.5) is 5.13 Å². The van der Waals surface area contributed by atoms with E-state index in [-0.39, 0.29) is 16.7 Å². The number of aryl methyl sites for hydroxylation is 1. The number of piperidine rings is 1. The molecule has 1 fully saturated rings. The second kappa shape index (κ2) is 10.6. The Labute approximate surface area is 221 Å². The van der Waals surface area contributed by atoms with Crippen molar-refractivity contribution in [2.24, 2.45) is 5.92 Å². The number of benzene rings is 3. The van der Waals surface area contributed by atoms with Gasteiger partial charge in [0.1, 0.15) is 5.75 Å². The number of sulfonamides is 1. The standard InChI is InChI=1S/C28H29N3O4S2/c1-20-8-13-25-26(18-20)36-28(29-25)31(19-21-6-4-3-5-7-21)27(32)22-14-16-30(17-15-22)37(33,34)24-11-9-23(35-2)10-12-24/h3-13,18,22H,14-17,19H2,1-2H3. The van der Waals surface area contributed by atoms with Gasteiger partial charge in [-0.05, 0) is 67.3 Å². The van der Waals surface area contributed by atoms with Crippen LogP contribution in [0.3, 0.4) is 0 Å². The van der Waals surface area contributed by atoms with Gasteiger partial charge in [-0.2, -0.15) is 4.31 Å². The van der Waals surface area contributed by atoms with Crippen LogP contribution in [-0.4, -0.2) is 43.8 Å². The van der Waals surface area contributed by atoms with E-state index in [1.165, 1.54) is 15.6 Å². The van der Waals surface area contributed by atoms with Gasteiger partial charge in [-0.15, -0.1) is 0 Å². The lowest BCUT2D eigenvalue weighted by molar-refractivity contribution is -0.123. The van der Waals surface area contributed by atoms with Crippen LogP contribution in [0.2, 0.25) is 0 Å². The van der Waals surface area contributed by atoms with Crippen LogP contribution in [0.15, 0.2) is 77.7 Å². The molecule has 4 aromatic rings. The molecule has 0 radical (unpaired) electrons. The van der Waals surface area contributed by atoms with E-state index >= 15 is 0 Å². The summed E-state index contributed by atoms with van der Waals surface area (Å²) < 4.78 is 34.0. The Kier molecular flexibility index (Phi) is 7.28. The normalized spacial score (nSPS) is 15.1. The number of amides is 1. The largest absolute Gasteiger partial charge is 0.497 e. The zero-order chi connectivity index (χ0) is 26.0. The summed E-state index contributed by atoms with van der Waals surface area (Å²) in [7, 11) is -2.09. The van der Waals surface area contributed by atoms with Crippen molar-refractivity contribution in [2.75, 3.05) is 25.1 Å². The molecule has 0 aliphatic carbocycles.